The molecule has 0 atom stereocenters. The van der Waals surface area contributed by atoms with Crippen LogP contribution < -0.4 is 9.47 Å². The van der Waals surface area contributed by atoms with Crippen LogP contribution in [0.15, 0.2) is 28.7 Å². The van der Waals surface area contributed by atoms with E-state index in [-0.39, 0.29) is 0 Å². The van der Waals surface area contributed by atoms with Gasteiger partial charge in [-0.25, -0.2) is 0 Å². The van der Waals surface area contributed by atoms with Gasteiger partial charge in [0.1, 0.15) is 18.1 Å². The molecule has 2 heterocycles. The predicted molar refractivity (Wildman–Crippen MR) is 86.2 cm³/mol. The van der Waals surface area contributed by atoms with Crippen LogP contribution in [0.4, 0.5) is 0 Å². The number of pyridine rings is 1. The van der Waals surface area contributed by atoms with Crippen LogP contribution in [0.1, 0.15) is 22.5 Å². The Kier molecular flexibility index (Phi) is 4.36. The van der Waals surface area contributed by atoms with Gasteiger partial charge in [0, 0.05) is 22.2 Å². The third-order valence-corrected chi connectivity index (χ3v) is 4.12. The quantitative estimate of drug-likeness (QED) is 0.749. The second kappa shape index (κ2) is 6.24. The lowest BCUT2D eigenvalue weighted by Crippen LogP contribution is -2.02. The van der Waals surface area contributed by atoms with E-state index in [1.54, 1.807) is 0 Å². The summed E-state index contributed by atoms with van der Waals surface area (Å²) >= 11 is 9.47. The van der Waals surface area contributed by atoms with E-state index in [1.807, 2.05) is 25.1 Å². The van der Waals surface area contributed by atoms with Crippen LogP contribution in [0.5, 0.6) is 11.5 Å². The molecule has 21 heavy (non-hydrogen) atoms. The summed E-state index contributed by atoms with van der Waals surface area (Å²) in [6, 6.07) is 7.97. The van der Waals surface area contributed by atoms with Gasteiger partial charge >= 0.3 is 0 Å². The van der Waals surface area contributed by atoms with Crippen LogP contribution in [0.2, 0.25) is 0 Å². The molecule has 1 aromatic carbocycles. The van der Waals surface area contributed by atoms with Crippen LogP contribution in [-0.4, -0.2) is 11.6 Å². The van der Waals surface area contributed by atoms with Gasteiger partial charge in [-0.1, -0.05) is 15.9 Å². The summed E-state index contributed by atoms with van der Waals surface area (Å²) in [6.45, 7) is 3.11. The van der Waals surface area contributed by atoms with E-state index in [4.69, 9.17) is 21.1 Å². The molecule has 0 saturated carbocycles. The summed E-state index contributed by atoms with van der Waals surface area (Å²) in [7, 11) is 0. The van der Waals surface area contributed by atoms with Crippen LogP contribution in [0, 0.1) is 6.92 Å². The van der Waals surface area contributed by atoms with Crippen molar-refractivity contribution in [1.29, 1.82) is 0 Å². The molecule has 0 radical (unpaired) electrons. The molecule has 1 aliphatic rings. The maximum atomic E-state index is 5.93. The molecule has 0 N–H and O–H groups in total. The first-order chi connectivity index (χ1) is 10.2. The Hall–Kier alpha value is -1.26. The molecule has 0 saturated heterocycles. The van der Waals surface area contributed by atoms with Gasteiger partial charge in [0.25, 0.3) is 0 Å². The van der Waals surface area contributed by atoms with Crippen molar-refractivity contribution in [3.63, 3.8) is 0 Å². The van der Waals surface area contributed by atoms with Gasteiger partial charge in [0.15, 0.2) is 0 Å². The fourth-order valence-corrected chi connectivity index (χ4v) is 3.18. The van der Waals surface area contributed by atoms with Crippen molar-refractivity contribution in [2.24, 2.45) is 0 Å². The van der Waals surface area contributed by atoms with Crippen molar-refractivity contribution in [2.75, 3.05) is 6.61 Å². The Morgan fingerprint density at radius 3 is 3.05 bits per heavy atom. The molecule has 2 aromatic rings. The van der Waals surface area contributed by atoms with E-state index >= 15 is 0 Å². The summed E-state index contributed by atoms with van der Waals surface area (Å²) < 4.78 is 12.7. The number of rotatable bonds is 4. The maximum absolute atomic E-state index is 5.93. The zero-order valence-corrected chi connectivity index (χ0v) is 14.0. The van der Waals surface area contributed by atoms with Crippen LogP contribution in [-0.2, 0) is 18.9 Å². The number of halogens is 2. The number of nitrogens with zero attached hydrogens (tertiary/aromatic N) is 1. The number of hydrogen-bond acceptors (Lipinski definition) is 3. The SMILES string of the molecule is Cc1ccc(OCc2cc(Br)cc3c2OCC3)c(CCl)n1. The average molecular weight is 369 g/mol. The summed E-state index contributed by atoms with van der Waals surface area (Å²) in [4.78, 5) is 4.40. The van der Waals surface area contributed by atoms with E-state index in [0.717, 1.165) is 46.0 Å². The molecule has 0 aliphatic carbocycles. The molecule has 1 aromatic heterocycles. The van der Waals surface area contributed by atoms with Gasteiger partial charge in [-0.05, 0) is 36.8 Å². The van der Waals surface area contributed by atoms with E-state index in [0.29, 0.717) is 12.5 Å². The third kappa shape index (κ3) is 3.16. The Balaban J connectivity index is 1.83. The van der Waals surface area contributed by atoms with Gasteiger partial charge < -0.3 is 9.47 Å². The third-order valence-electron chi connectivity index (χ3n) is 3.41. The lowest BCUT2D eigenvalue weighted by atomic mass is 10.1. The molecule has 5 heteroatoms. The predicted octanol–water partition coefficient (Wildman–Crippen LogP) is 4.41. The Bertz CT molecular complexity index is 676. The second-order valence-electron chi connectivity index (χ2n) is 4.97. The topological polar surface area (TPSA) is 31.4 Å². The van der Waals surface area contributed by atoms with Crippen molar-refractivity contribution in [2.45, 2.75) is 25.8 Å². The molecule has 0 fully saturated rings. The number of aryl methyl sites for hydroxylation is 1. The summed E-state index contributed by atoms with van der Waals surface area (Å²) in [5.41, 5.74) is 3.97. The van der Waals surface area contributed by atoms with E-state index in [2.05, 4.69) is 27.0 Å². The van der Waals surface area contributed by atoms with Gasteiger partial charge in [0.2, 0.25) is 0 Å². The highest BCUT2D eigenvalue weighted by Crippen LogP contribution is 2.34. The van der Waals surface area contributed by atoms with Crippen molar-refractivity contribution in [3.8, 4) is 11.5 Å². The van der Waals surface area contributed by atoms with Crippen LogP contribution in [0.25, 0.3) is 0 Å². The number of fused-ring (bicyclic) bond motifs is 1. The number of alkyl halides is 1. The molecule has 0 bridgehead atoms. The van der Waals surface area contributed by atoms with Gasteiger partial charge in [-0.2, -0.15) is 0 Å². The Morgan fingerprint density at radius 2 is 2.24 bits per heavy atom. The molecule has 0 amide bonds. The standard InChI is InChI=1S/C16H15BrClNO2/c1-10-2-3-15(14(8-18)19-10)21-9-12-7-13(17)6-11-4-5-20-16(11)12/h2-3,6-7H,4-5,8-9H2,1H3. The Labute approximate surface area is 137 Å². The van der Waals surface area contributed by atoms with Gasteiger partial charge in [-0.3, -0.25) is 4.98 Å². The van der Waals surface area contributed by atoms with Gasteiger partial charge in [0.05, 0.1) is 18.2 Å². The van der Waals surface area contributed by atoms with E-state index in [9.17, 15) is 0 Å². The molecular formula is C16H15BrClNO2. The molecular weight excluding hydrogens is 354 g/mol. The molecule has 3 rings (SSSR count). The van der Waals surface area contributed by atoms with Gasteiger partial charge in [-0.15, -0.1) is 11.6 Å². The smallest absolute Gasteiger partial charge is 0.142 e. The zero-order chi connectivity index (χ0) is 14.8. The minimum Gasteiger partial charge on any atom is -0.493 e. The molecule has 0 unspecified atom stereocenters. The first-order valence-corrected chi connectivity index (χ1v) is 8.09. The highest BCUT2D eigenvalue weighted by molar-refractivity contribution is 9.10. The first-order valence-electron chi connectivity index (χ1n) is 6.77. The van der Waals surface area contributed by atoms with E-state index in [1.165, 1.54) is 5.56 Å². The number of benzene rings is 1. The summed E-state index contributed by atoms with van der Waals surface area (Å²) in [5, 5.41) is 0. The highest BCUT2D eigenvalue weighted by atomic mass is 79.9. The van der Waals surface area contributed by atoms with Crippen molar-refractivity contribution in [1.82, 2.24) is 4.98 Å². The molecule has 3 nitrogen and oxygen atoms in total. The van der Waals surface area contributed by atoms with Crippen molar-refractivity contribution in [3.05, 3.63) is 51.3 Å². The second-order valence-corrected chi connectivity index (χ2v) is 6.15. The minimum atomic E-state index is 0.337. The largest absolute Gasteiger partial charge is 0.493 e. The fraction of sp³-hybridized carbons (Fsp3) is 0.312. The number of hydrogen-bond donors (Lipinski definition) is 0. The van der Waals surface area contributed by atoms with Crippen molar-refractivity contribution >= 4 is 27.5 Å². The number of ether oxygens (including phenoxy) is 2. The Morgan fingerprint density at radius 1 is 1.38 bits per heavy atom. The summed E-state index contributed by atoms with van der Waals surface area (Å²) in [6.07, 6.45) is 0.945. The highest BCUT2D eigenvalue weighted by Gasteiger charge is 2.18. The molecule has 0 spiro atoms. The molecule has 110 valence electrons. The summed E-state index contributed by atoms with van der Waals surface area (Å²) in [5.74, 6) is 2.01. The van der Waals surface area contributed by atoms with Crippen molar-refractivity contribution < 1.29 is 9.47 Å². The monoisotopic (exact) mass is 367 g/mol. The molecule has 1 aliphatic heterocycles. The normalized spacial score (nSPS) is 12.9. The minimum absolute atomic E-state index is 0.337. The first kappa shape index (κ1) is 14.7. The average Bonchev–Trinajstić information content (AvgIpc) is 2.93. The van der Waals surface area contributed by atoms with Crippen LogP contribution in [0.3, 0.4) is 0 Å². The van der Waals surface area contributed by atoms with Crippen LogP contribution >= 0.6 is 27.5 Å². The fourth-order valence-electron chi connectivity index (χ4n) is 2.43. The van der Waals surface area contributed by atoms with E-state index < -0.39 is 0 Å². The zero-order valence-electron chi connectivity index (χ0n) is 11.7. The maximum Gasteiger partial charge on any atom is 0.142 e. The lowest BCUT2D eigenvalue weighted by molar-refractivity contribution is 0.288. The number of aromatic nitrogens is 1. The lowest BCUT2D eigenvalue weighted by Gasteiger charge is -2.13.